The van der Waals surface area contributed by atoms with Crippen LogP contribution in [0.4, 0.5) is 0 Å². The molecule has 0 saturated heterocycles. The smallest absolute Gasteiger partial charge is 0.229 e. The Labute approximate surface area is 117 Å². The zero-order valence-electron chi connectivity index (χ0n) is 12.3. The highest BCUT2D eigenvalue weighted by molar-refractivity contribution is 5.81. The fraction of sp³-hybridized carbons (Fsp3) is 0.706. The first-order chi connectivity index (χ1) is 9.13. The first-order valence-corrected chi connectivity index (χ1v) is 7.71. The fourth-order valence-electron chi connectivity index (χ4n) is 3.05. The van der Waals surface area contributed by atoms with Crippen molar-refractivity contribution in [3.05, 3.63) is 24.9 Å². The summed E-state index contributed by atoms with van der Waals surface area (Å²) in [4.78, 5) is 14.0. The molecule has 0 N–H and O–H groups in total. The Hall–Kier alpha value is -1.05. The number of nitrogens with zero attached hydrogens (tertiary/aromatic N) is 1. The molecule has 0 bridgehead atoms. The van der Waals surface area contributed by atoms with Gasteiger partial charge in [-0.15, -0.1) is 0 Å². The van der Waals surface area contributed by atoms with E-state index in [0.29, 0.717) is 11.8 Å². The van der Waals surface area contributed by atoms with Crippen molar-refractivity contribution >= 4 is 5.91 Å². The summed E-state index contributed by atoms with van der Waals surface area (Å²) in [5, 5.41) is 0. The van der Waals surface area contributed by atoms with Gasteiger partial charge in [-0.3, -0.25) is 4.79 Å². The van der Waals surface area contributed by atoms with Crippen LogP contribution in [0.3, 0.4) is 0 Å². The summed E-state index contributed by atoms with van der Waals surface area (Å²) in [5.74, 6) is 2.56. The molecule has 0 aromatic rings. The summed E-state index contributed by atoms with van der Waals surface area (Å²) in [6.45, 7) is 9.27. The molecule has 0 aromatic heterocycles. The molecule has 2 heteroatoms. The first-order valence-electron chi connectivity index (χ1n) is 7.71. The number of carbonyl (C=O) groups excluding carboxylic acids is 1. The Balaban J connectivity index is 1.87. The monoisotopic (exact) mass is 261 g/mol. The second-order valence-corrected chi connectivity index (χ2v) is 6.33. The van der Waals surface area contributed by atoms with E-state index < -0.39 is 0 Å². The molecule has 1 amide bonds. The maximum Gasteiger partial charge on any atom is 0.229 e. The lowest BCUT2D eigenvalue weighted by atomic mass is 9.77. The summed E-state index contributed by atoms with van der Waals surface area (Å²) in [5.41, 5.74) is 0. The normalized spacial score (nSPS) is 25.7. The highest BCUT2D eigenvalue weighted by atomic mass is 16.2. The van der Waals surface area contributed by atoms with Gasteiger partial charge in [0, 0.05) is 12.5 Å². The molecule has 2 aliphatic rings. The molecule has 0 radical (unpaired) electrons. The van der Waals surface area contributed by atoms with Crippen LogP contribution < -0.4 is 0 Å². The van der Waals surface area contributed by atoms with Gasteiger partial charge in [0.2, 0.25) is 5.91 Å². The molecule has 2 aliphatic carbocycles. The highest BCUT2D eigenvalue weighted by Crippen LogP contribution is 2.34. The minimum Gasteiger partial charge on any atom is -0.319 e. The van der Waals surface area contributed by atoms with E-state index in [1.807, 2.05) is 4.90 Å². The van der Waals surface area contributed by atoms with Crippen molar-refractivity contribution in [3.8, 4) is 0 Å². The summed E-state index contributed by atoms with van der Waals surface area (Å²) < 4.78 is 0. The standard InChI is InChI=1S/C17H27NO/c1-4-18(17(19)16-10-11-16)12-13(2)14(3)15-8-6-5-7-9-15/h4-6,13-16H,1,7-12H2,2-3H3. The predicted octanol–water partition coefficient (Wildman–Crippen LogP) is 4.00. The van der Waals surface area contributed by atoms with Gasteiger partial charge in [-0.1, -0.05) is 32.6 Å². The Morgan fingerprint density at radius 1 is 1.37 bits per heavy atom. The third kappa shape index (κ3) is 3.71. The van der Waals surface area contributed by atoms with Crippen molar-refractivity contribution in [2.24, 2.45) is 23.7 Å². The van der Waals surface area contributed by atoms with Crippen LogP contribution in [0.2, 0.25) is 0 Å². The van der Waals surface area contributed by atoms with Gasteiger partial charge < -0.3 is 4.90 Å². The fourth-order valence-corrected chi connectivity index (χ4v) is 3.05. The topological polar surface area (TPSA) is 20.3 Å². The van der Waals surface area contributed by atoms with Crippen molar-refractivity contribution in [3.63, 3.8) is 0 Å². The van der Waals surface area contributed by atoms with Crippen molar-refractivity contribution in [1.29, 1.82) is 0 Å². The molecule has 0 heterocycles. The Morgan fingerprint density at radius 2 is 2.11 bits per heavy atom. The molecule has 2 nitrogen and oxygen atoms in total. The average Bonchev–Trinajstić information content (AvgIpc) is 3.28. The van der Waals surface area contributed by atoms with E-state index in [4.69, 9.17) is 0 Å². The van der Waals surface area contributed by atoms with Crippen molar-refractivity contribution < 1.29 is 4.79 Å². The maximum atomic E-state index is 12.1. The van der Waals surface area contributed by atoms with Gasteiger partial charge in [-0.2, -0.15) is 0 Å². The second-order valence-electron chi connectivity index (χ2n) is 6.33. The molecule has 1 saturated carbocycles. The van der Waals surface area contributed by atoms with E-state index in [1.54, 1.807) is 6.20 Å². The zero-order chi connectivity index (χ0) is 13.8. The molecule has 3 unspecified atom stereocenters. The maximum absolute atomic E-state index is 12.1. The minimum absolute atomic E-state index is 0.289. The quantitative estimate of drug-likeness (QED) is 0.662. The number of carbonyl (C=O) groups is 1. The third-order valence-electron chi connectivity index (χ3n) is 4.87. The van der Waals surface area contributed by atoms with Crippen LogP contribution in [0.25, 0.3) is 0 Å². The van der Waals surface area contributed by atoms with Crippen molar-refractivity contribution in [2.75, 3.05) is 6.54 Å². The molecule has 0 aliphatic heterocycles. The molecule has 1 fully saturated rings. The lowest BCUT2D eigenvalue weighted by Crippen LogP contribution is -2.34. The van der Waals surface area contributed by atoms with Crippen LogP contribution in [0.15, 0.2) is 24.9 Å². The van der Waals surface area contributed by atoms with E-state index in [0.717, 1.165) is 25.3 Å². The van der Waals surface area contributed by atoms with Crippen LogP contribution in [-0.4, -0.2) is 17.4 Å². The van der Waals surface area contributed by atoms with Gasteiger partial charge in [0.15, 0.2) is 0 Å². The van der Waals surface area contributed by atoms with Gasteiger partial charge in [0.25, 0.3) is 0 Å². The SMILES string of the molecule is C=CN(CC(C)C(C)C1CC=CCC1)C(=O)C1CC1. The van der Waals surface area contributed by atoms with Crippen LogP contribution >= 0.6 is 0 Å². The number of amides is 1. The largest absolute Gasteiger partial charge is 0.319 e. The molecule has 2 rings (SSSR count). The van der Waals surface area contributed by atoms with Crippen LogP contribution in [0, 0.1) is 23.7 Å². The van der Waals surface area contributed by atoms with Crippen molar-refractivity contribution in [1.82, 2.24) is 4.90 Å². The van der Waals surface area contributed by atoms with Gasteiger partial charge >= 0.3 is 0 Å². The van der Waals surface area contributed by atoms with E-state index in [2.05, 4.69) is 32.6 Å². The van der Waals surface area contributed by atoms with Gasteiger partial charge in [0.05, 0.1) is 0 Å². The predicted molar refractivity (Wildman–Crippen MR) is 79.4 cm³/mol. The molecule has 3 atom stereocenters. The van der Waals surface area contributed by atoms with Gasteiger partial charge in [0.1, 0.15) is 0 Å². The number of hydrogen-bond acceptors (Lipinski definition) is 1. The molecule has 0 aromatic carbocycles. The summed E-state index contributed by atoms with van der Waals surface area (Å²) in [6.07, 6.45) is 12.2. The third-order valence-corrected chi connectivity index (χ3v) is 4.87. The molecule has 0 spiro atoms. The van der Waals surface area contributed by atoms with E-state index in [-0.39, 0.29) is 11.8 Å². The average molecular weight is 261 g/mol. The molecular weight excluding hydrogens is 234 g/mol. The highest BCUT2D eigenvalue weighted by Gasteiger charge is 2.34. The Morgan fingerprint density at radius 3 is 2.63 bits per heavy atom. The van der Waals surface area contributed by atoms with Crippen LogP contribution in [0.5, 0.6) is 0 Å². The molecule has 106 valence electrons. The van der Waals surface area contributed by atoms with Crippen LogP contribution in [-0.2, 0) is 4.79 Å². The summed E-state index contributed by atoms with van der Waals surface area (Å²) in [6, 6.07) is 0. The Kier molecular flexibility index (Phi) is 4.84. The van der Waals surface area contributed by atoms with E-state index in [1.165, 1.54) is 19.3 Å². The zero-order valence-corrected chi connectivity index (χ0v) is 12.3. The number of rotatable bonds is 6. The number of allylic oxidation sites excluding steroid dienone is 2. The lowest BCUT2D eigenvalue weighted by Gasteiger charge is -2.32. The second kappa shape index (κ2) is 6.40. The minimum atomic E-state index is 0.289. The Bertz CT molecular complexity index is 356. The van der Waals surface area contributed by atoms with Gasteiger partial charge in [-0.05, 0) is 56.1 Å². The van der Waals surface area contributed by atoms with Crippen molar-refractivity contribution in [2.45, 2.75) is 46.0 Å². The summed E-state index contributed by atoms with van der Waals surface area (Å²) >= 11 is 0. The van der Waals surface area contributed by atoms with E-state index >= 15 is 0 Å². The molecular formula is C17H27NO. The number of hydrogen-bond donors (Lipinski definition) is 0. The molecule has 19 heavy (non-hydrogen) atoms. The lowest BCUT2D eigenvalue weighted by molar-refractivity contribution is -0.130. The van der Waals surface area contributed by atoms with Crippen LogP contribution in [0.1, 0.15) is 46.0 Å². The summed E-state index contributed by atoms with van der Waals surface area (Å²) in [7, 11) is 0. The first kappa shape index (κ1) is 14.4. The van der Waals surface area contributed by atoms with Gasteiger partial charge in [-0.25, -0.2) is 0 Å². The van der Waals surface area contributed by atoms with E-state index in [9.17, 15) is 4.79 Å².